The molecule has 4 nitrogen and oxygen atoms in total. The van der Waals surface area contributed by atoms with Gasteiger partial charge >= 0.3 is 6.18 Å². The first kappa shape index (κ1) is 18.2. The maximum atomic E-state index is 13.0. The highest BCUT2D eigenvalue weighted by Crippen LogP contribution is 2.43. The van der Waals surface area contributed by atoms with Gasteiger partial charge in [-0.05, 0) is 32.0 Å². The van der Waals surface area contributed by atoms with Crippen molar-refractivity contribution >= 4 is 23.9 Å². The van der Waals surface area contributed by atoms with Gasteiger partial charge in [-0.15, -0.1) is 12.4 Å². The lowest BCUT2D eigenvalue weighted by molar-refractivity contribution is -0.592. The Kier molecular flexibility index (Phi) is 4.59. The molecule has 8 heteroatoms. The van der Waals surface area contributed by atoms with Crippen LogP contribution < -0.4 is 14.4 Å². The van der Waals surface area contributed by atoms with Crippen LogP contribution in [0.2, 0.25) is 0 Å². The quantitative estimate of drug-likeness (QED) is 0.568. The van der Waals surface area contributed by atoms with Gasteiger partial charge < -0.3 is 9.94 Å². The van der Waals surface area contributed by atoms with E-state index in [0.29, 0.717) is 10.5 Å². The second-order valence-corrected chi connectivity index (χ2v) is 6.01. The molecule has 130 valence electrons. The number of rotatable bonds is 1. The molecule has 0 aliphatic carbocycles. The van der Waals surface area contributed by atoms with Crippen molar-refractivity contribution < 1.29 is 22.6 Å². The minimum atomic E-state index is -4.46. The summed E-state index contributed by atoms with van der Waals surface area (Å²) >= 11 is 0. The summed E-state index contributed by atoms with van der Waals surface area (Å²) in [6, 6.07) is 8.09. The number of hydrogen-bond acceptors (Lipinski definition) is 3. The van der Waals surface area contributed by atoms with Crippen LogP contribution in [0.15, 0.2) is 42.6 Å². The zero-order valence-corrected chi connectivity index (χ0v) is 13.8. The first-order valence-electron chi connectivity index (χ1n) is 7.03. The predicted molar refractivity (Wildman–Crippen MR) is 85.8 cm³/mol. The van der Waals surface area contributed by atoms with E-state index >= 15 is 0 Å². The average Bonchev–Trinajstić information content (AvgIpc) is 2.44. The van der Waals surface area contributed by atoms with Gasteiger partial charge in [0.25, 0.3) is 5.82 Å². The number of anilines is 2. The normalized spacial score (nSPS) is 16.0. The molecule has 0 saturated heterocycles. The first-order valence-corrected chi connectivity index (χ1v) is 7.03. The fourth-order valence-electron chi connectivity index (χ4n) is 2.62. The SMILES string of the molecule is CC1(C)CN(c2cccc[n+]2[O-])c2cc(C(F)(F)F)ccc2O1.Cl. The fraction of sp³-hybridized carbons (Fsp3) is 0.312. The van der Waals surface area contributed by atoms with Gasteiger partial charge in [0.1, 0.15) is 12.1 Å². The van der Waals surface area contributed by atoms with Crippen LogP contribution in [-0.2, 0) is 6.18 Å². The third-order valence-electron chi connectivity index (χ3n) is 3.58. The molecule has 0 saturated carbocycles. The standard InChI is InChI=1S/C16H15F3N2O2.ClH/c1-15(2)10-20(14-5-3-4-8-21(14)22)12-9-11(16(17,18)19)6-7-13(12)23-15;/h3-9H,10H2,1-2H3;1H. The first-order chi connectivity index (χ1) is 10.7. The molecule has 0 fully saturated rings. The van der Waals surface area contributed by atoms with E-state index in [0.717, 1.165) is 12.1 Å². The van der Waals surface area contributed by atoms with Crippen molar-refractivity contribution in [2.45, 2.75) is 25.6 Å². The van der Waals surface area contributed by atoms with Crippen LogP contribution in [-0.4, -0.2) is 12.1 Å². The van der Waals surface area contributed by atoms with Crippen molar-refractivity contribution in [2.24, 2.45) is 0 Å². The van der Waals surface area contributed by atoms with Gasteiger partial charge in [0.2, 0.25) is 0 Å². The number of fused-ring (bicyclic) bond motifs is 1. The molecule has 0 atom stereocenters. The number of ether oxygens (including phenoxy) is 1. The predicted octanol–water partition coefficient (Wildman–Crippen LogP) is 4.07. The van der Waals surface area contributed by atoms with Gasteiger partial charge in [0.05, 0.1) is 11.8 Å². The van der Waals surface area contributed by atoms with E-state index in [1.165, 1.54) is 12.3 Å². The van der Waals surface area contributed by atoms with Gasteiger partial charge in [-0.1, -0.05) is 6.07 Å². The van der Waals surface area contributed by atoms with Crippen LogP contribution in [0.25, 0.3) is 0 Å². The second kappa shape index (κ2) is 6.05. The summed E-state index contributed by atoms with van der Waals surface area (Å²) in [5, 5.41) is 12.0. The molecule has 0 amide bonds. The van der Waals surface area contributed by atoms with Gasteiger partial charge in [-0.25, -0.2) is 9.63 Å². The maximum absolute atomic E-state index is 13.0. The zero-order chi connectivity index (χ0) is 16.8. The highest BCUT2D eigenvalue weighted by Gasteiger charge is 2.40. The van der Waals surface area contributed by atoms with Crippen LogP contribution in [0, 0.1) is 5.21 Å². The second-order valence-electron chi connectivity index (χ2n) is 6.01. The molecule has 0 unspecified atom stereocenters. The van der Waals surface area contributed by atoms with E-state index in [2.05, 4.69) is 0 Å². The van der Waals surface area contributed by atoms with E-state index in [4.69, 9.17) is 4.74 Å². The number of pyridine rings is 1. The summed E-state index contributed by atoms with van der Waals surface area (Å²) in [6.45, 7) is 3.89. The molecule has 0 spiro atoms. The Hall–Kier alpha value is -2.15. The molecule has 2 heterocycles. The Morgan fingerprint density at radius 3 is 2.54 bits per heavy atom. The number of halogens is 4. The van der Waals surface area contributed by atoms with E-state index in [-0.39, 0.29) is 30.5 Å². The summed E-state index contributed by atoms with van der Waals surface area (Å²) in [7, 11) is 0. The maximum Gasteiger partial charge on any atom is 0.416 e. The van der Waals surface area contributed by atoms with Gasteiger partial charge in [-0.2, -0.15) is 13.2 Å². The molecule has 0 bridgehead atoms. The summed E-state index contributed by atoms with van der Waals surface area (Å²) < 4.78 is 45.4. The molecule has 3 rings (SSSR count). The molecule has 1 aromatic heterocycles. The molecular weight excluding hydrogens is 345 g/mol. The molecule has 24 heavy (non-hydrogen) atoms. The fourth-order valence-corrected chi connectivity index (χ4v) is 2.62. The largest absolute Gasteiger partial charge is 0.711 e. The summed E-state index contributed by atoms with van der Waals surface area (Å²) in [5.74, 6) is 0.572. The molecular formula is C16H16ClF3N2O2. The van der Waals surface area contributed by atoms with Crippen LogP contribution in [0.1, 0.15) is 19.4 Å². The van der Waals surface area contributed by atoms with Crippen molar-refractivity contribution in [3.05, 3.63) is 53.4 Å². The van der Waals surface area contributed by atoms with E-state index in [9.17, 15) is 18.4 Å². The van der Waals surface area contributed by atoms with Crippen molar-refractivity contribution in [2.75, 3.05) is 11.4 Å². The number of benzene rings is 1. The topological polar surface area (TPSA) is 39.4 Å². The van der Waals surface area contributed by atoms with E-state index in [1.807, 2.05) is 13.8 Å². The number of hydrogen-bond donors (Lipinski definition) is 0. The molecule has 1 aliphatic rings. The Labute approximate surface area is 143 Å². The van der Waals surface area contributed by atoms with Crippen molar-refractivity contribution in [1.29, 1.82) is 0 Å². The van der Waals surface area contributed by atoms with Crippen LogP contribution in [0.3, 0.4) is 0 Å². The zero-order valence-electron chi connectivity index (χ0n) is 13.0. The minimum Gasteiger partial charge on any atom is -0.711 e. The average molecular weight is 361 g/mol. The third-order valence-corrected chi connectivity index (χ3v) is 3.58. The van der Waals surface area contributed by atoms with E-state index < -0.39 is 17.3 Å². The minimum absolute atomic E-state index is 0. The Balaban J connectivity index is 0.00000208. The molecule has 2 aromatic rings. The highest BCUT2D eigenvalue weighted by molar-refractivity contribution is 5.85. The molecule has 0 N–H and O–H groups in total. The molecule has 1 aromatic carbocycles. The number of nitrogens with zero attached hydrogens (tertiary/aromatic N) is 2. The smallest absolute Gasteiger partial charge is 0.416 e. The number of aromatic nitrogens is 1. The summed E-state index contributed by atoms with van der Waals surface area (Å²) in [4.78, 5) is 1.56. The highest BCUT2D eigenvalue weighted by atomic mass is 35.5. The Bertz CT molecular complexity index is 750. The lowest BCUT2D eigenvalue weighted by Crippen LogP contribution is -2.48. The summed E-state index contributed by atoms with van der Waals surface area (Å²) in [5.41, 5.74) is -1.19. The van der Waals surface area contributed by atoms with Crippen LogP contribution in [0.5, 0.6) is 5.75 Å². The van der Waals surface area contributed by atoms with Crippen molar-refractivity contribution in [3.8, 4) is 5.75 Å². The molecule has 0 radical (unpaired) electrons. The monoisotopic (exact) mass is 360 g/mol. The van der Waals surface area contributed by atoms with E-state index in [1.54, 1.807) is 23.1 Å². The van der Waals surface area contributed by atoms with Crippen molar-refractivity contribution in [3.63, 3.8) is 0 Å². The van der Waals surface area contributed by atoms with Crippen LogP contribution in [0.4, 0.5) is 24.7 Å². The summed E-state index contributed by atoms with van der Waals surface area (Å²) in [6.07, 6.45) is -3.15. The van der Waals surface area contributed by atoms with Gasteiger partial charge in [0.15, 0.2) is 11.4 Å². The van der Waals surface area contributed by atoms with Gasteiger partial charge in [0, 0.05) is 12.1 Å². The Morgan fingerprint density at radius 2 is 1.92 bits per heavy atom. The molecule has 1 aliphatic heterocycles. The third kappa shape index (κ3) is 3.36. The Morgan fingerprint density at radius 1 is 1.21 bits per heavy atom. The number of alkyl halides is 3. The van der Waals surface area contributed by atoms with Gasteiger partial charge in [-0.3, -0.25) is 0 Å². The van der Waals surface area contributed by atoms with Crippen molar-refractivity contribution in [1.82, 2.24) is 0 Å². The lowest BCUT2D eigenvalue weighted by atomic mass is 10.0. The lowest BCUT2D eigenvalue weighted by Gasteiger charge is -2.36. The van der Waals surface area contributed by atoms with Crippen LogP contribution >= 0.6 is 12.4 Å².